The number of hydrogen-bond donors (Lipinski definition) is 0. The molecule has 0 aliphatic rings. The molecule has 6 heteroatoms. The van der Waals surface area contributed by atoms with Crippen LogP contribution in [0.3, 0.4) is 0 Å². The first-order valence-corrected chi connectivity index (χ1v) is 41.5. The minimum atomic E-state index is -4.19. The van der Waals surface area contributed by atoms with E-state index < -0.39 is 20.0 Å². The van der Waals surface area contributed by atoms with Crippen LogP contribution in [-0.2, 0) is 12.3 Å². The summed E-state index contributed by atoms with van der Waals surface area (Å²) in [5.74, 6) is 0. The molecule has 0 heterocycles. The van der Waals surface area contributed by atoms with Gasteiger partial charge in [0.2, 0.25) is 0 Å². The summed E-state index contributed by atoms with van der Waals surface area (Å²) < 4.78 is 27.5. The van der Waals surface area contributed by atoms with Crippen molar-refractivity contribution in [2.45, 2.75) is 439 Å². The van der Waals surface area contributed by atoms with Crippen LogP contribution in [0.1, 0.15) is 439 Å². The molecule has 0 amide bonds. The van der Waals surface area contributed by atoms with Crippen molar-refractivity contribution >= 4 is 43.9 Å². The molecule has 0 bridgehead atoms. The maximum atomic E-state index is 6.88. The van der Waals surface area contributed by atoms with Gasteiger partial charge in [-0.1, -0.05) is 182 Å². The first-order chi connectivity index (χ1) is 38.2. The normalized spacial score (nSPS) is 11.8. The Morgan fingerprint density at radius 1 is 0.141 bits per heavy atom. The van der Waals surface area contributed by atoms with Crippen LogP contribution in [0.4, 0.5) is 0 Å². The fraction of sp³-hybridized carbons (Fsp3) is 1.00. The summed E-state index contributed by atoms with van der Waals surface area (Å²) in [7, 11) is 0. The van der Waals surface area contributed by atoms with Crippen molar-refractivity contribution in [1.82, 2.24) is 0 Å². The summed E-state index contributed by atoms with van der Waals surface area (Å²) in [6.45, 7) is 12.2. The molecule has 0 aromatic rings. The molecule has 0 atom stereocenters. The molecule has 0 saturated heterocycles. The third-order valence-corrected chi connectivity index (χ3v) is 23.5. The zero-order chi connectivity index (χ0) is 55.4. The van der Waals surface area contributed by atoms with E-state index in [-0.39, 0.29) is 23.9 Å². The topological polar surface area (TPSA) is 36.9 Å². The minimum absolute atomic E-state index is 0. The second-order valence-corrected chi connectivity index (χ2v) is 31.3. The van der Waals surface area contributed by atoms with E-state index in [1.54, 1.807) is 0 Å². The van der Waals surface area contributed by atoms with Crippen LogP contribution < -0.4 is 0 Å². The van der Waals surface area contributed by atoms with Crippen molar-refractivity contribution < 1.29 is 12.3 Å². The number of rotatable bonds is 72. The molecule has 0 unspecified atom stereocenters. The standard InChI is InChI=1S/4C18H37O.2Sn/c4*1-2-3-4-5-6-7-8-9-10-11-12-13-14-15-16-17-18-19;;/h4*2-18H2,1H3;;/q4*-1;;+4. The fourth-order valence-corrected chi connectivity index (χ4v) is 17.6. The Labute approximate surface area is 517 Å². The first kappa shape index (κ1) is 81.5. The maximum absolute atomic E-state index is 6.88. The fourth-order valence-electron chi connectivity index (χ4n) is 11.6. The molecular weight excluding hydrogens is 1170 g/mol. The van der Waals surface area contributed by atoms with Gasteiger partial charge in [-0.15, -0.1) is 0 Å². The van der Waals surface area contributed by atoms with Crippen molar-refractivity contribution in [3.8, 4) is 0 Å². The molecule has 0 saturated carbocycles. The van der Waals surface area contributed by atoms with E-state index in [1.165, 1.54) is 385 Å². The van der Waals surface area contributed by atoms with Gasteiger partial charge in [-0.25, -0.2) is 0 Å². The summed E-state index contributed by atoms with van der Waals surface area (Å²) in [5.41, 5.74) is 0. The Balaban J connectivity index is 0. The van der Waals surface area contributed by atoms with Crippen LogP contribution >= 0.6 is 0 Å². The Hall–Kier alpha value is 1.44. The molecule has 0 aromatic carbocycles. The summed E-state index contributed by atoms with van der Waals surface area (Å²) in [6, 6.07) is 0. The summed E-state index contributed by atoms with van der Waals surface area (Å²) in [5, 5.41) is 0. The van der Waals surface area contributed by atoms with Gasteiger partial charge in [-0.3, -0.25) is 0 Å². The molecule has 4 radical (unpaired) electrons. The molecule has 0 fully saturated rings. The molecule has 0 aliphatic heterocycles. The van der Waals surface area contributed by atoms with Crippen LogP contribution in [0, 0.1) is 0 Å². The van der Waals surface area contributed by atoms with Gasteiger partial charge in [0.15, 0.2) is 0 Å². The average molecular weight is 1320 g/mol. The summed E-state index contributed by atoms with van der Waals surface area (Å²) >= 11 is -4.19. The van der Waals surface area contributed by atoms with Gasteiger partial charge in [-0.2, -0.15) is 0 Å². The molecule has 0 N–H and O–H groups in total. The monoisotopic (exact) mass is 1320 g/mol. The Morgan fingerprint density at radius 3 is 0.333 bits per heavy atom. The number of unbranched alkanes of at least 4 members (excludes halogenated alkanes) is 60. The van der Waals surface area contributed by atoms with Crippen molar-refractivity contribution in [2.24, 2.45) is 0 Å². The Kier molecular flexibility index (Phi) is 77.9. The van der Waals surface area contributed by atoms with Crippen LogP contribution in [0.25, 0.3) is 0 Å². The smallest absolute Gasteiger partial charge is 0.0654 e. The Morgan fingerprint density at radius 2 is 0.231 bits per heavy atom. The zero-order valence-electron chi connectivity index (χ0n) is 54.7. The van der Waals surface area contributed by atoms with Gasteiger partial charge in [-0.05, 0) is 0 Å². The van der Waals surface area contributed by atoms with Gasteiger partial charge >= 0.3 is 316 Å². The van der Waals surface area contributed by atoms with Gasteiger partial charge in [0, 0.05) is 23.9 Å². The second-order valence-electron chi connectivity index (χ2n) is 25.1. The predicted molar refractivity (Wildman–Crippen MR) is 354 cm³/mol. The molecule has 468 valence electrons. The van der Waals surface area contributed by atoms with Crippen molar-refractivity contribution in [3.63, 3.8) is 0 Å². The van der Waals surface area contributed by atoms with Gasteiger partial charge in [0.1, 0.15) is 0 Å². The molecule has 0 aliphatic carbocycles. The predicted octanol–water partition coefficient (Wildman–Crippen LogP) is 26.2. The van der Waals surface area contributed by atoms with E-state index in [0.29, 0.717) is 0 Å². The third-order valence-electron chi connectivity index (χ3n) is 17.1. The van der Waals surface area contributed by atoms with Crippen molar-refractivity contribution in [1.29, 1.82) is 0 Å². The van der Waals surface area contributed by atoms with E-state index >= 15 is 0 Å². The first-order valence-electron chi connectivity index (χ1n) is 36.8. The van der Waals surface area contributed by atoms with E-state index in [4.69, 9.17) is 12.3 Å². The van der Waals surface area contributed by atoms with Crippen LogP contribution in [0.2, 0.25) is 0 Å². The van der Waals surface area contributed by atoms with Crippen molar-refractivity contribution in [3.05, 3.63) is 0 Å². The number of hydrogen-bond acceptors (Lipinski definition) is 4. The quantitative estimate of drug-likeness (QED) is 0.0449. The van der Waals surface area contributed by atoms with E-state index in [2.05, 4.69) is 27.7 Å². The zero-order valence-corrected chi connectivity index (χ0v) is 60.4. The summed E-state index contributed by atoms with van der Waals surface area (Å²) in [4.78, 5) is 0. The SMILES string of the molecule is CCCCCCCCCCCCCCCCCC[O][Sn]([O]CCCCCCCCCCCCCCCCCC)([O]CCCCCCCCCCCCCCCCCC)[O]CCCCCCCCCCCCCCCCCC.[Sn]. The Bertz CT molecular complexity index is 857. The van der Waals surface area contributed by atoms with E-state index in [0.717, 1.165) is 52.1 Å². The molecular formula is C72H148O4Sn2. The molecule has 0 rings (SSSR count). The average Bonchev–Trinajstić information content (AvgIpc) is 3.44. The van der Waals surface area contributed by atoms with Crippen molar-refractivity contribution in [2.75, 3.05) is 26.4 Å². The van der Waals surface area contributed by atoms with E-state index in [1.807, 2.05) is 0 Å². The minimum Gasteiger partial charge on any atom is -0.0654 e. The second kappa shape index (κ2) is 74.5. The molecule has 78 heavy (non-hydrogen) atoms. The molecule has 0 spiro atoms. The molecule has 4 nitrogen and oxygen atoms in total. The molecule has 0 aromatic heterocycles. The van der Waals surface area contributed by atoms with E-state index in [9.17, 15) is 0 Å². The third kappa shape index (κ3) is 68.2. The van der Waals surface area contributed by atoms with Crippen LogP contribution in [-0.4, -0.2) is 70.4 Å². The van der Waals surface area contributed by atoms with Crippen LogP contribution in [0.15, 0.2) is 0 Å². The summed E-state index contributed by atoms with van der Waals surface area (Å²) in [6.07, 6.45) is 88.9. The van der Waals surface area contributed by atoms with Crippen LogP contribution in [0.5, 0.6) is 0 Å². The van der Waals surface area contributed by atoms with Gasteiger partial charge < -0.3 is 0 Å². The van der Waals surface area contributed by atoms with Gasteiger partial charge in [0.05, 0.1) is 0 Å². The van der Waals surface area contributed by atoms with Gasteiger partial charge in [0.25, 0.3) is 0 Å².